The molecule has 0 aliphatic carbocycles. The fourth-order valence-corrected chi connectivity index (χ4v) is 4.91. The average Bonchev–Trinajstić information content (AvgIpc) is 2.56. The van der Waals surface area contributed by atoms with E-state index in [1.807, 2.05) is 0 Å². The maximum absolute atomic E-state index is 12.3. The molecule has 136 valence electrons. The molecule has 1 fully saturated rings. The van der Waals surface area contributed by atoms with Crippen molar-refractivity contribution in [2.45, 2.75) is 49.6 Å². The number of benzene rings is 1. The van der Waals surface area contributed by atoms with Gasteiger partial charge in [0.1, 0.15) is 4.90 Å². The summed E-state index contributed by atoms with van der Waals surface area (Å²) in [7, 11) is -3.81. The number of hydrogen-bond donors (Lipinski definition) is 2. The SMILES string of the molecule is CCC1CCCCN1CC(O)CNS(=O)(=O)c1cccc(Cl)c1Cl. The summed E-state index contributed by atoms with van der Waals surface area (Å²) in [6.07, 6.45) is 3.73. The van der Waals surface area contributed by atoms with Gasteiger partial charge >= 0.3 is 0 Å². The van der Waals surface area contributed by atoms with Crippen LogP contribution in [0.4, 0.5) is 0 Å². The van der Waals surface area contributed by atoms with Crippen LogP contribution in [0.2, 0.25) is 10.0 Å². The Balaban J connectivity index is 1.95. The summed E-state index contributed by atoms with van der Waals surface area (Å²) >= 11 is 11.8. The number of nitrogens with zero attached hydrogens (tertiary/aromatic N) is 1. The number of β-amino-alcohol motifs (C(OH)–C–C–N with tert-alkyl or cyclic N) is 1. The highest BCUT2D eigenvalue weighted by Gasteiger charge is 2.25. The summed E-state index contributed by atoms with van der Waals surface area (Å²) in [6, 6.07) is 4.91. The number of aliphatic hydroxyl groups excluding tert-OH is 1. The Kier molecular flexibility index (Phi) is 7.34. The lowest BCUT2D eigenvalue weighted by molar-refractivity contribution is 0.0683. The summed E-state index contributed by atoms with van der Waals surface area (Å²) in [5.74, 6) is 0. The lowest BCUT2D eigenvalue weighted by atomic mass is 9.99. The normalized spacial score (nSPS) is 20.9. The van der Waals surface area contributed by atoms with E-state index < -0.39 is 16.1 Å². The smallest absolute Gasteiger partial charge is 0.242 e. The Bertz CT molecular complexity index is 655. The van der Waals surface area contributed by atoms with Crippen molar-refractivity contribution in [2.24, 2.45) is 0 Å². The minimum absolute atomic E-state index is 0.0109. The molecule has 1 heterocycles. The van der Waals surface area contributed by atoms with Crippen molar-refractivity contribution in [2.75, 3.05) is 19.6 Å². The highest BCUT2D eigenvalue weighted by Crippen LogP contribution is 2.28. The molecule has 2 N–H and O–H groups in total. The van der Waals surface area contributed by atoms with E-state index in [0.717, 1.165) is 25.8 Å². The molecule has 0 spiro atoms. The molecule has 2 unspecified atom stereocenters. The molecule has 1 saturated heterocycles. The Morgan fingerprint density at radius 1 is 1.38 bits per heavy atom. The van der Waals surface area contributed by atoms with Gasteiger partial charge < -0.3 is 5.11 Å². The van der Waals surface area contributed by atoms with E-state index in [2.05, 4.69) is 16.5 Å². The highest BCUT2D eigenvalue weighted by molar-refractivity contribution is 7.89. The number of piperidine rings is 1. The van der Waals surface area contributed by atoms with Crippen LogP contribution in [0.5, 0.6) is 0 Å². The molecule has 1 aromatic carbocycles. The molecule has 24 heavy (non-hydrogen) atoms. The van der Waals surface area contributed by atoms with Gasteiger partial charge in [0.15, 0.2) is 0 Å². The van der Waals surface area contributed by atoms with Gasteiger partial charge in [0, 0.05) is 19.1 Å². The molecule has 1 aliphatic heterocycles. The quantitative estimate of drug-likeness (QED) is 0.745. The zero-order valence-electron chi connectivity index (χ0n) is 13.7. The van der Waals surface area contributed by atoms with Crippen molar-refractivity contribution in [3.63, 3.8) is 0 Å². The van der Waals surface area contributed by atoms with Crippen LogP contribution >= 0.6 is 23.2 Å². The fraction of sp³-hybridized carbons (Fsp3) is 0.625. The van der Waals surface area contributed by atoms with E-state index in [-0.39, 0.29) is 21.5 Å². The Labute approximate surface area is 154 Å². The van der Waals surface area contributed by atoms with E-state index in [1.165, 1.54) is 24.6 Å². The number of sulfonamides is 1. The third-order valence-corrected chi connectivity index (χ3v) is 6.78. The summed E-state index contributed by atoms with van der Waals surface area (Å²) in [6.45, 7) is 3.49. The van der Waals surface area contributed by atoms with Crippen LogP contribution in [0.1, 0.15) is 32.6 Å². The van der Waals surface area contributed by atoms with Gasteiger partial charge in [-0.05, 0) is 37.9 Å². The largest absolute Gasteiger partial charge is 0.390 e. The van der Waals surface area contributed by atoms with Gasteiger partial charge in [-0.3, -0.25) is 4.90 Å². The lowest BCUT2D eigenvalue weighted by Crippen LogP contribution is -2.46. The van der Waals surface area contributed by atoms with Crippen molar-refractivity contribution in [3.8, 4) is 0 Å². The first-order valence-corrected chi connectivity index (χ1v) is 10.4. The van der Waals surface area contributed by atoms with Crippen LogP contribution in [0.3, 0.4) is 0 Å². The zero-order valence-corrected chi connectivity index (χ0v) is 16.0. The van der Waals surface area contributed by atoms with E-state index in [0.29, 0.717) is 12.6 Å². The molecule has 5 nitrogen and oxygen atoms in total. The minimum Gasteiger partial charge on any atom is -0.390 e. The minimum atomic E-state index is -3.81. The molecule has 0 saturated carbocycles. The van der Waals surface area contributed by atoms with Gasteiger partial charge in [-0.15, -0.1) is 0 Å². The highest BCUT2D eigenvalue weighted by atomic mass is 35.5. The van der Waals surface area contributed by atoms with Gasteiger partial charge in [-0.25, -0.2) is 13.1 Å². The van der Waals surface area contributed by atoms with E-state index in [1.54, 1.807) is 0 Å². The Morgan fingerprint density at radius 2 is 2.12 bits per heavy atom. The molecular weight excluding hydrogens is 371 g/mol. The van der Waals surface area contributed by atoms with E-state index >= 15 is 0 Å². The summed E-state index contributed by atoms with van der Waals surface area (Å²) in [4.78, 5) is 2.17. The number of aliphatic hydroxyl groups is 1. The molecular formula is C16H24Cl2N2O3S. The zero-order chi connectivity index (χ0) is 17.7. The second-order valence-corrected chi connectivity index (χ2v) is 8.63. The van der Waals surface area contributed by atoms with Crippen LogP contribution in [0, 0.1) is 0 Å². The monoisotopic (exact) mass is 394 g/mol. The van der Waals surface area contributed by atoms with Crippen molar-refractivity contribution < 1.29 is 13.5 Å². The third-order valence-electron chi connectivity index (χ3n) is 4.38. The number of nitrogens with one attached hydrogen (secondary N) is 1. The second kappa shape index (κ2) is 8.83. The maximum Gasteiger partial charge on any atom is 0.242 e. The van der Waals surface area contributed by atoms with Crippen LogP contribution in [0.25, 0.3) is 0 Å². The standard InChI is InChI=1S/C16H24Cl2N2O3S/c1-2-12-6-3-4-9-20(12)11-13(21)10-19-24(22,23)15-8-5-7-14(17)16(15)18/h5,7-8,12-13,19,21H,2-4,6,9-11H2,1H3. The molecule has 8 heteroatoms. The van der Waals surface area contributed by atoms with Crippen molar-refractivity contribution in [1.29, 1.82) is 0 Å². The summed E-state index contributed by atoms with van der Waals surface area (Å²) < 4.78 is 27.1. The summed E-state index contributed by atoms with van der Waals surface area (Å²) in [5, 5.41) is 10.4. The van der Waals surface area contributed by atoms with Gasteiger partial charge in [-0.1, -0.05) is 42.6 Å². The first-order valence-electron chi connectivity index (χ1n) is 8.21. The second-order valence-electron chi connectivity index (χ2n) is 6.11. The topological polar surface area (TPSA) is 69.6 Å². The van der Waals surface area contributed by atoms with Gasteiger partial charge in [0.05, 0.1) is 16.1 Å². The van der Waals surface area contributed by atoms with Crippen LogP contribution < -0.4 is 4.72 Å². The van der Waals surface area contributed by atoms with Gasteiger partial charge in [-0.2, -0.15) is 0 Å². The first kappa shape index (κ1) is 19.9. The lowest BCUT2D eigenvalue weighted by Gasteiger charge is -2.36. The molecule has 0 aromatic heterocycles. The first-order chi connectivity index (χ1) is 11.3. The van der Waals surface area contributed by atoms with Crippen molar-refractivity contribution >= 4 is 33.2 Å². The maximum atomic E-state index is 12.3. The molecule has 1 aromatic rings. The predicted molar refractivity (Wildman–Crippen MR) is 97.2 cm³/mol. The number of hydrogen-bond acceptors (Lipinski definition) is 4. The van der Waals surface area contributed by atoms with Gasteiger partial charge in [0.2, 0.25) is 10.0 Å². The predicted octanol–water partition coefficient (Wildman–Crippen LogP) is 2.90. The van der Waals surface area contributed by atoms with Gasteiger partial charge in [0.25, 0.3) is 0 Å². The van der Waals surface area contributed by atoms with Crippen molar-refractivity contribution in [1.82, 2.24) is 9.62 Å². The fourth-order valence-electron chi connectivity index (χ4n) is 3.07. The van der Waals surface area contributed by atoms with Crippen molar-refractivity contribution in [3.05, 3.63) is 28.2 Å². The Morgan fingerprint density at radius 3 is 2.83 bits per heavy atom. The molecule has 1 aliphatic rings. The molecule has 0 bridgehead atoms. The number of halogens is 2. The third kappa shape index (κ3) is 5.07. The van der Waals surface area contributed by atoms with Crippen LogP contribution in [-0.4, -0.2) is 50.2 Å². The number of rotatable bonds is 7. The number of likely N-dealkylation sites (tertiary alicyclic amines) is 1. The molecule has 0 radical (unpaired) electrons. The molecule has 2 atom stereocenters. The summed E-state index contributed by atoms with van der Waals surface area (Å²) in [5.41, 5.74) is 0. The van der Waals surface area contributed by atoms with E-state index in [4.69, 9.17) is 23.2 Å². The van der Waals surface area contributed by atoms with E-state index in [9.17, 15) is 13.5 Å². The average molecular weight is 395 g/mol. The van der Waals surface area contributed by atoms with Crippen LogP contribution in [-0.2, 0) is 10.0 Å². The molecule has 0 amide bonds. The van der Waals surface area contributed by atoms with Crippen LogP contribution in [0.15, 0.2) is 23.1 Å². The Hall–Kier alpha value is -0.370. The molecule has 2 rings (SSSR count).